The minimum atomic E-state index is -5.08. The number of aromatic carboxylic acids is 1. The van der Waals surface area contributed by atoms with Gasteiger partial charge in [0.2, 0.25) is 0 Å². The van der Waals surface area contributed by atoms with Gasteiger partial charge in [-0.2, -0.15) is 13.2 Å². The van der Waals surface area contributed by atoms with Gasteiger partial charge in [-0.05, 0) is 17.4 Å². The van der Waals surface area contributed by atoms with Gasteiger partial charge in [0.25, 0.3) is 5.82 Å². The molecule has 0 amide bonds. The first-order chi connectivity index (χ1) is 7.70. The van der Waals surface area contributed by atoms with Gasteiger partial charge in [-0.15, -0.1) is 5.10 Å². The summed E-state index contributed by atoms with van der Waals surface area (Å²) in [6.45, 7) is 2.23. The Kier molecular flexibility index (Phi) is 5.02. The number of halogens is 3. The monoisotopic (exact) mass is 256 g/mol. The third-order valence-electron chi connectivity index (χ3n) is 1.27. The van der Waals surface area contributed by atoms with E-state index in [1.807, 2.05) is 0 Å². The summed E-state index contributed by atoms with van der Waals surface area (Å²) in [5.74, 6) is -3.98. The standard InChI is InChI=1S/C4H6N4O2.C2HF3O2/c1-2-8-3(4(9)10)5-6-7-8;3-2(4,5)1(6)7/h2H2,1H3,(H,9,10);(H,6,7). The molecular formula is C6H7F3N4O4. The number of hydrogen-bond acceptors (Lipinski definition) is 5. The van der Waals surface area contributed by atoms with E-state index < -0.39 is 18.1 Å². The van der Waals surface area contributed by atoms with Crippen molar-refractivity contribution in [3.63, 3.8) is 0 Å². The van der Waals surface area contributed by atoms with E-state index in [2.05, 4.69) is 15.5 Å². The molecule has 0 fully saturated rings. The number of aromatic nitrogens is 4. The summed E-state index contributed by atoms with van der Waals surface area (Å²) in [6.07, 6.45) is -5.08. The Morgan fingerprint density at radius 1 is 1.35 bits per heavy atom. The molecule has 96 valence electrons. The van der Waals surface area contributed by atoms with E-state index >= 15 is 0 Å². The topological polar surface area (TPSA) is 118 Å². The maximum absolute atomic E-state index is 10.6. The van der Waals surface area contributed by atoms with Crippen molar-refractivity contribution >= 4 is 11.9 Å². The molecule has 1 aromatic heterocycles. The zero-order valence-corrected chi connectivity index (χ0v) is 8.34. The number of carboxylic acids is 2. The van der Waals surface area contributed by atoms with E-state index in [1.165, 1.54) is 4.68 Å². The van der Waals surface area contributed by atoms with Crippen LogP contribution in [0.1, 0.15) is 17.5 Å². The lowest BCUT2D eigenvalue weighted by Gasteiger charge is -1.93. The number of aliphatic carboxylic acids is 1. The summed E-state index contributed by atoms with van der Waals surface area (Å²) >= 11 is 0. The number of nitrogens with zero attached hydrogens (tertiary/aromatic N) is 4. The van der Waals surface area contributed by atoms with Crippen LogP contribution in [0.5, 0.6) is 0 Å². The minimum Gasteiger partial charge on any atom is -0.475 e. The second-order valence-electron chi connectivity index (χ2n) is 2.43. The van der Waals surface area contributed by atoms with E-state index in [1.54, 1.807) is 6.92 Å². The van der Waals surface area contributed by atoms with Gasteiger partial charge >= 0.3 is 18.1 Å². The van der Waals surface area contributed by atoms with Crippen LogP contribution < -0.4 is 0 Å². The Hall–Kier alpha value is -2.20. The van der Waals surface area contributed by atoms with Crippen LogP contribution in [0.2, 0.25) is 0 Å². The van der Waals surface area contributed by atoms with Gasteiger partial charge in [0.1, 0.15) is 0 Å². The van der Waals surface area contributed by atoms with Crippen LogP contribution in [0, 0.1) is 0 Å². The lowest BCUT2D eigenvalue weighted by molar-refractivity contribution is -0.192. The molecule has 17 heavy (non-hydrogen) atoms. The third-order valence-corrected chi connectivity index (χ3v) is 1.27. The SMILES string of the molecule is CCn1nnnc1C(=O)O.O=C(O)C(F)(F)F. The first-order valence-corrected chi connectivity index (χ1v) is 3.99. The fourth-order valence-corrected chi connectivity index (χ4v) is 0.571. The maximum atomic E-state index is 10.6. The average molecular weight is 256 g/mol. The number of rotatable bonds is 2. The lowest BCUT2D eigenvalue weighted by atomic mass is 10.6. The van der Waals surface area contributed by atoms with Crippen molar-refractivity contribution in [1.29, 1.82) is 0 Å². The minimum absolute atomic E-state index is 0.123. The van der Waals surface area contributed by atoms with E-state index in [4.69, 9.17) is 15.0 Å². The van der Waals surface area contributed by atoms with Gasteiger partial charge in [0.15, 0.2) is 0 Å². The van der Waals surface area contributed by atoms with Crippen molar-refractivity contribution < 1.29 is 33.0 Å². The van der Waals surface area contributed by atoms with Crippen LogP contribution >= 0.6 is 0 Å². The number of hydrogen-bond donors (Lipinski definition) is 2. The first-order valence-electron chi connectivity index (χ1n) is 3.99. The predicted octanol–water partition coefficient (Wildman–Crippen LogP) is 0.0245. The second kappa shape index (κ2) is 5.77. The van der Waals surface area contributed by atoms with Crippen molar-refractivity contribution in [1.82, 2.24) is 20.2 Å². The Bertz CT molecular complexity index is 402. The number of tetrazole rings is 1. The highest BCUT2D eigenvalue weighted by Gasteiger charge is 2.38. The molecule has 1 rings (SSSR count). The molecule has 2 N–H and O–H groups in total. The fourth-order valence-electron chi connectivity index (χ4n) is 0.571. The zero-order chi connectivity index (χ0) is 13.6. The molecule has 1 aromatic rings. The van der Waals surface area contributed by atoms with Crippen molar-refractivity contribution in [2.24, 2.45) is 0 Å². The summed E-state index contributed by atoms with van der Waals surface area (Å²) in [5, 5.41) is 25.5. The third kappa shape index (κ3) is 4.90. The molecular weight excluding hydrogens is 249 g/mol. The van der Waals surface area contributed by atoms with Gasteiger partial charge < -0.3 is 10.2 Å². The summed E-state index contributed by atoms with van der Waals surface area (Å²) in [4.78, 5) is 19.2. The Morgan fingerprint density at radius 3 is 2.06 bits per heavy atom. The summed E-state index contributed by atoms with van der Waals surface area (Å²) in [7, 11) is 0. The van der Waals surface area contributed by atoms with E-state index in [9.17, 15) is 18.0 Å². The molecule has 1 heterocycles. The predicted molar refractivity (Wildman–Crippen MR) is 44.1 cm³/mol. The average Bonchev–Trinajstić information content (AvgIpc) is 2.64. The molecule has 11 heteroatoms. The van der Waals surface area contributed by atoms with Crippen LogP contribution in [-0.4, -0.2) is 48.5 Å². The highest BCUT2D eigenvalue weighted by Crippen LogP contribution is 2.13. The molecule has 0 aliphatic heterocycles. The van der Waals surface area contributed by atoms with Gasteiger partial charge in [-0.1, -0.05) is 0 Å². The molecule has 8 nitrogen and oxygen atoms in total. The molecule has 0 unspecified atom stereocenters. The number of alkyl halides is 3. The highest BCUT2D eigenvalue weighted by atomic mass is 19.4. The fraction of sp³-hybridized carbons (Fsp3) is 0.500. The number of carbonyl (C=O) groups is 2. The van der Waals surface area contributed by atoms with Crippen LogP contribution in [0.3, 0.4) is 0 Å². The van der Waals surface area contributed by atoms with Gasteiger partial charge in [0, 0.05) is 6.54 Å². The first kappa shape index (κ1) is 14.8. The molecule has 0 bridgehead atoms. The van der Waals surface area contributed by atoms with Crippen LogP contribution in [0.25, 0.3) is 0 Å². The quantitative estimate of drug-likeness (QED) is 0.765. The molecule has 0 saturated carbocycles. The molecule has 0 aromatic carbocycles. The maximum Gasteiger partial charge on any atom is 0.490 e. The molecule has 0 saturated heterocycles. The van der Waals surface area contributed by atoms with Crippen LogP contribution in [0.15, 0.2) is 0 Å². The Balaban J connectivity index is 0.000000325. The van der Waals surface area contributed by atoms with Gasteiger partial charge in [-0.3, -0.25) is 0 Å². The van der Waals surface area contributed by atoms with Crippen molar-refractivity contribution in [2.75, 3.05) is 0 Å². The summed E-state index contributed by atoms with van der Waals surface area (Å²) in [5.41, 5.74) is 0. The molecule has 0 atom stereocenters. The Morgan fingerprint density at radius 2 is 1.82 bits per heavy atom. The molecule has 0 aliphatic rings. The van der Waals surface area contributed by atoms with Crippen LogP contribution in [0.4, 0.5) is 13.2 Å². The van der Waals surface area contributed by atoms with Crippen molar-refractivity contribution in [3.8, 4) is 0 Å². The smallest absolute Gasteiger partial charge is 0.475 e. The second-order valence-corrected chi connectivity index (χ2v) is 2.43. The van der Waals surface area contributed by atoms with Crippen molar-refractivity contribution in [3.05, 3.63) is 5.82 Å². The zero-order valence-electron chi connectivity index (χ0n) is 8.34. The van der Waals surface area contributed by atoms with Gasteiger partial charge in [-0.25, -0.2) is 14.3 Å². The summed E-state index contributed by atoms with van der Waals surface area (Å²) in [6, 6.07) is 0. The van der Waals surface area contributed by atoms with E-state index in [-0.39, 0.29) is 5.82 Å². The Labute approximate surface area is 91.7 Å². The largest absolute Gasteiger partial charge is 0.490 e. The molecule has 0 radical (unpaired) electrons. The normalized spacial score (nSPS) is 10.4. The summed E-state index contributed by atoms with van der Waals surface area (Å²) < 4.78 is 32.9. The van der Waals surface area contributed by atoms with E-state index in [0.717, 1.165) is 0 Å². The van der Waals surface area contributed by atoms with Crippen molar-refractivity contribution in [2.45, 2.75) is 19.6 Å². The molecule has 0 aliphatic carbocycles. The van der Waals surface area contributed by atoms with Gasteiger partial charge in [0.05, 0.1) is 0 Å². The number of carboxylic acid groups (broad SMARTS) is 2. The highest BCUT2D eigenvalue weighted by molar-refractivity contribution is 5.82. The molecule has 0 spiro atoms. The number of aryl methyl sites for hydroxylation is 1. The van der Waals surface area contributed by atoms with E-state index in [0.29, 0.717) is 6.54 Å². The lowest BCUT2D eigenvalue weighted by Crippen LogP contribution is -2.21. The van der Waals surface area contributed by atoms with Crippen LogP contribution in [-0.2, 0) is 11.3 Å².